The zero-order chi connectivity index (χ0) is 15.3. The monoisotopic (exact) mass is 295 g/mol. The van der Waals surface area contributed by atoms with Crippen LogP contribution in [-0.2, 0) is 0 Å². The second kappa shape index (κ2) is 4.45. The maximum absolute atomic E-state index is 14.1. The molecule has 4 aromatic heterocycles. The highest BCUT2D eigenvalue weighted by Crippen LogP contribution is 2.21. The number of aromatic hydroxyl groups is 1. The smallest absolute Gasteiger partial charge is 0.211 e. The van der Waals surface area contributed by atoms with Gasteiger partial charge in [-0.1, -0.05) is 0 Å². The van der Waals surface area contributed by atoms with Crippen molar-refractivity contribution in [3.8, 4) is 17.3 Å². The molecule has 1 N–H and O–H groups in total. The molecule has 0 aliphatic carbocycles. The fraction of sp³-hybridized carbons (Fsp3) is 0.0667. The van der Waals surface area contributed by atoms with E-state index in [4.69, 9.17) is 0 Å². The molecule has 6 nitrogen and oxygen atoms in total. The molecule has 4 heterocycles. The normalized spacial score (nSPS) is 11.4. The van der Waals surface area contributed by atoms with Gasteiger partial charge in [0.05, 0.1) is 17.4 Å². The van der Waals surface area contributed by atoms with Gasteiger partial charge in [0.1, 0.15) is 5.52 Å². The van der Waals surface area contributed by atoms with Crippen LogP contribution in [0.5, 0.6) is 5.88 Å². The molecule has 4 rings (SSSR count). The lowest BCUT2D eigenvalue weighted by Gasteiger charge is -2.04. The standard InChI is InChI=1S/C15H10FN5O/c1-8-6-21-7-9(4-10(16)15(21)18-8)14-17-5-12-11(20-14)2-3-13(22)19-12/h2-7H,1H3,(H,19,22). The summed E-state index contributed by atoms with van der Waals surface area (Å²) in [7, 11) is 0. The number of aryl methyl sites for hydroxylation is 1. The van der Waals surface area contributed by atoms with Gasteiger partial charge in [0.25, 0.3) is 0 Å². The lowest BCUT2D eigenvalue weighted by atomic mass is 10.2. The second-order valence-corrected chi connectivity index (χ2v) is 4.96. The fourth-order valence-corrected chi connectivity index (χ4v) is 2.35. The third-order valence-corrected chi connectivity index (χ3v) is 3.31. The van der Waals surface area contributed by atoms with Crippen LogP contribution < -0.4 is 0 Å². The largest absolute Gasteiger partial charge is 0.493 e. The molecular weight excluding hydrogens is 285 g/mol. The zero-order valence-corrected chi connectivity index (χ0v) is 11.5. The first-order valence-electron chi connectivity index (χ1n) is 6.58. The summed E-state index contributed by atoms with van der Waals surface area (Å²) in [5, 5.41) is 9.35. The molecule has 0 spiro atoms. The first-order chi connectivity index (χ1) is 10.6. The molecule has 0 bridgehead atoms. The average molecular weight is 295 g/mol. The molecule has 108 valence electrons. The Morgan fingerprint density at radius 1 is 1.09 bits per heavy atom. The van der Waals surface area contributed by atoms with E-state index in [9.17, 15) is 9.50 Å². The van der Waals surface area contributed by atoms with E-state index in [0.717, 1.165) is 5.69 Å². The van der Waals surface area contributed by atoms with E-state index >= 15 is 0 Å². The Morgan fingerprint density at radius 2 is 1.95 bits per heavy atom. The Bertz CT molecular complexity index is 1030. The van der Waals surface area contributed by atoms with Gasteiger partial charge in [-0.15, -0.1) is 0 Å². The van der Waals surface area contributed by atoms with Crippen LogP contribution in [0.25, 0.3) is 28.1 Å². The average Bonchev–Trinajstić information content (AvgIpc) is 2.87. The molecule has 4 aromatic rings. The number of hydrogen-bond donors (Lipinski definition) is 1. The SMILES string of the molecule is Cc1cn2cc(-c3ncc4nc(O)ccc4n3)cc(F)c2n1. The summed E-state index contributed by atoms with van der Waals surface area (Å²) in [4.78, 5) is 16.6. The van der Waals surface area contributed by atoms with E-state index in [1.807, 2.05) is 0 Å². The molecule has 22 heavy (non-hydrogen) atoms. The Labute approximate surface area is 123 Å². The van der Waals surface area contributed by atoms with E-state index < -0.39 is 5.82 Å². The van der Waals surface area contributed by atoms with Gasteiger partial charge in [0.2, 0.25) is 5.88 Å². The highest BCUT2D eigenvalue weighted by Gasteiger charge is 2.11. The minimum absolute atomic E-state index is 0.0924. The molecule has 0 aliphatic rings. The Kier molecular flexibility index (Phi) is 2.56. The number of rotatable bonds is 1. The molecule has 0 unspecified atom stereocenters. The van der Waals surface area contributed by atoms with Crippen molar-refractivity contribution in [2.24, 2.45) is 0 Å². The van der Waals surface area contributed by atoms with Gasteiger partial charge in [0.15, 0.2) is 17.3 Å². The Morgan fingerprint density at radius 3 is 2.82 bits per heavy atom. The van der Waals surface area contributed by atoms with Gasteiger partial charge in [-0.3, -0.25) is 0 Å². The summed E-state index contributed by atoms with van der Waals surface area (Å²) in [6.45, 7) is 1.80. The molecule has 0 atom stereocenters. The summed E-state index contributed by atoms with van der Waals surface area (Å²) in [6.07, 6.45) is 4.97. The van der Waals surface area contributed by atoms with Crippen LogP contribution in [0.1, 0.15) is 5.69 Å². The van der Waals surface area contributed by atoms with Crippen molar-refractivity contribution in [1.82, 2.24) is 24.3 Å². The van der Waals surface area contributed by atoms with Crippen molar-refractivity contribution in [3.05, 3.63) is 48.3 Å². The lowest BCUT2D eigenvalue weighted by molar-refractivity contribution is 0.455. The van der Waals surface area contributed by atoms with Crippen molar-refractivity contribution >= 4 is 16.7 Å². The Hall–Kier alpha value is -3.09. The van der Waals surface area contributed by atoms with Crippen molar-refractivity contribution in [1.29, 1.82) is 0 Å². The molecule has 0 saturated heterocycles. The van der Waals surface area contributed by atoms with E-state index in [1.165, 1.54) is 18.3 Å². The fourth-order valence-electron chi connectivity index (χ4n) is 2.35. The van der Waals surface area contributed by atoms with Crippen molar-refractivity contribution < 1.29 is 9.50 Å². The van der Waals surface area contributed by atoms with Crippen LogP contribution >= 0.6 is 0 Å². The first-order valence-corrected chi connectivity index (χ1v) is 6.58. The van der Waals surface area contributed by atoms with E-state index in [2.05, 4.69) is 19.9 Å². The summed E-state index contributed by atoms with van der Waals surface area (Å²) in [5.41, 5.74) is 2.59. The third-order valence-electron chi connectivity index (χ3n) is 3.31. The minimum atomic E-state index is -0.432. The second-order valence-electron chi connectivity index (χ2n) is 4.96. The van der Waals surface area contributed by atoms with Crippen LogP contribution in [-0.4, -0.2) is 29.4 Å². The quantitative estimate of drug-likeness (QED) is 0.584. The number of hydrogen-bond acceptors (Lipinski definition) is 5. The molecule has 0 fully saturated rings. The molecule has 0 amide bonds. The molecule has 7 heteroatoms. The van der Waals surface area contributed by atoms with Crippen molar-refractivity contribution in [2.75, 3.05) is 0 Å². The summed E-state index contributed by atoms with van der Waals surface area (Å²) in [5.74, 6) is -0.143. The third kappa shape index (κ3) is 1.95. The molecular formula is C15H10FN5O. The number of imidazole rings is 1. The predicted molar refractivity (Wildman–Crippen MR) is 77.9 cm³/mol. The topological polar surface area (TPSA) is 76.2 Å². The van der Waals surface area contributed by atoms with Gasteiger partial charge in [-0.25, -0.2) is 24.3 Å². The lowest BCUT2D eigenvalue weighted by Crippen LogP contribution is -1.95. The summed E-state index contributed by atoms with van der Waals surface area (Å²) in [6, 6.07) is 4.44. The van der Waals surface area contributed by atoms with Crippen LogP contribution in [0.15, 0.2) is 36.8 Å². The van der Waals surface area contributed by atoms with Gasteiger partial charge >= 0.3 is 0 Å². The van der Waals surface area contributed by atoms with Crippen LogP contribution in [0.2, 0.25) is 0 Å². The van der Waals surface area contributed by atoms with Crippen LogP contribution in [0.3, 0.4) is 0 Å². The summed E-state index contributed by atoms with van der Waals surface area (Å²) < 4.78 is 15.7. The zero-order valence-electron chi connectivity index (χ0n) is 11.5. The predicted octanol–water partition coefficient (Wildman–Crippen LogP) is 2.49. The number of pyridine rings is 2. The van der Waals surface area contributed by atoms with E-state index in [-0.39, 0.29) is 11.5 Å². The maximum Gasteiger partial charge on any atom is 0.211 e. The van der Waals surface area contributed by atoms with Crippen molar-refractivity contribution in [2.45, 2.75) is 6.92 Å². The molecule has 0 aromatic carbocycles. The number of halogens is 1. The highest BCUT2D eigenvalue weighted by molar-refractivity contribution is 5.76. The maximum atomic E-state index is 14.1. The minimum Gasteiger partial charge on any atom is -0.493 e. The van der Waals surface area contributed by atoms with Gasteiger partial charge in [-0.2, -0.15) is 0 Å². The molecule has 0 radical (unpaired) electrons. The van der Waals surface area contributed by atoms with E-state index in [1.54, 1.807) is 29.8 Å². The van der Waals surface area contributed by atoms with Crippen LogP contribution in [0.4, 0.5) is 4.39 Å². The summed E-state index contributed by atoms with van der Waals surface area (Å²) >= 11 is 0. The first kappa shape index (κ1) is 12.6. The van der Waals surface area contributed by atoms with Crippen LogP contribution in [0, 0.1) is 12.7 Å². The van der Waals surface area contributed by atoms with Gasteiger partial charge in [0, 0.05) is 24.0 Å². The molecule has 0 saturated carbocycles. The molecule has 0 aliphatic heterocycles. The van der Waals surface area contributed by atoms with Gasteiger partial charge < -0.3 is 9.51 Å². The Balaban J connectivity index is 1.92. The highest BCUT2D eigenvalue weighted by atomic mass is 19.1. The number of fused-ring (bicyclic) bond motifs is 2. The van der Waals surface area contributed by atoms with Gasteiger partial charge in [-0.05, 0) is 19.1 Å². The number of aromatic nitrogens is 5. The van der Waals surface area contributed by atoms with E-state index in [0.29, 0.717) is 22.4 Å². The number of nitrogens with zero attached hydrogens (tertiary/aromatic N) is 5. The van der Waals surface area contributed by atoms with Crippen molar-refractivity contribution in [3.63, 3.8) is 0 Å².